The van der Waals surface area contributed by atoms with E-state index in [-0.39, 0.29) is 12.3 Å². The predicted octanol–water partition coefficient (Wildman–Crippen LogP) is 1.58. The summed E-state index contributed by atoms with van der Waals surface area (Å²) in [4.78, 5) is 25.4. The third kappa shape index (κ3) is 3.15. The summed E-state index contributed by atoms with van der Waals surface area (Å²) in [6.07, 6.45) is 2.26. The van der Waals surface area contributed by atoms with Crippen molar-refractivity contribution in [1.29, 1.82) is 0 Å². The third-order valence-corrected chi connectivity index (χ3v) is 4.42. The largest absolute Gasteiger partial charge is 0.480 e. The maximum atomic E-state index is 12.6. The molecule has 1 unspecified atom stereocenters. The molecule has 1 saturated heterocycles. The highest BCUT2D eigenvalue weighted by Gasteiger charge is 2.32. The van der Waals surface area contributed by atoms with Crippen molar-refractivity contribution in [3.8, 4) is 5.69 Å². The van der Waals surface area contributed by atoms with Crippen molar-refractivity contribution >= 4 is 11.9 Å². The SMILES string of the molecule is Cc1c(CC(=O)N2CCCCC2C(=O)O)nnn1-c1ccccc1. The molecule has 2 aromatic rings. The fraction of sp³-hybridized carbons (Fsp3) is 0.412. The van der Waals surface area contributed by atoms with Gasteiger partial charge in [0.2, 0.25) is 5.91 Å². The van der Waals surface area contributed by atoms with Crippen LogP contribution in [0.1, 0.15) is 30.7 Å². The molecule has 1 amide bonds. The van der Waals surface area contributed by atoms with E-state index in [0.717, 1.165) is 24.2 Å². The van der Waals surface area contributed by atoms with Crippen LogP contribution in [-0.2, 0) is 16.0 Å². The van der Waals surface area contributed by atoms with Crippen molar-refractivity contribution in [2.45, 2.75) is 38.6 Å². The van der Waals surface area contributed by atoms with Crippen LogP contribution in [-0.4, -0.2) is 49.5 Å². The molecule has 0 aliphatic carbocycles. The summed E-state index contributed by atoms with van der Waals surface area (Å²) in [6, 6.07) is 8.84. The van der Waals surface area contributed by atoms with Gasteiger partial charge in [0.25, 0.3) is 0 Å². The van der Waals surface area contributed by atoms with E-state index in [1.807, 2.05) is 37.3 Å². The number of piperidine rings is 1. The van der Waals surface area contributed by atoms with E-state index in [1.165, 1.54) is 4.90 Å². The molecule has 7 nitrogen and oxygen atoms in total. The zero-order valence-electron chi connectivity index (χ0n) is 13.6. The maximum Gasteiger partial charge on any atom is 0.326 e. The van der Waals surface area contributed by atoms with Crippen LogP contribution in [0.15, 0.2) is 30.3 Å². The maximum absolute atomic E-state index is 12.6. The highest BCUT2D eigenvalue weighted by molar-refractivity contribution is 5.85. The lowest BCUT2D eigenvalue weighted by Gasteiger charge is -2.32. The first-order valence-corrected chi connectivity index (χ1v) is 8.07. The van der Waals surface area contributed by atoms with Crippen LogP contribution in [0.2, 0.25) is 0 Å². The number of carboxylic acid groups (broad SMARTS) is 1. The van der Waals surface area contributed by atoms with Crippen molar-refractivity contribution in [2.24, 2.45) is 0 Å². The molecular formula is C17H20N4O3. The van der Waals surface area contributed by atoms with Gasteiger partial charge in [0.15, 0.2) is 0 Å². The summed E-state index contributed by atoms with van der Waals surface area (Å²) < 4.78 is 1.69. The smallest absolute Gasteiger partial charge is 0.326 e. The van der Waals surface area contributed by atoms with Gasteiger partial charge in [0.05, 0.1) is 23.5 Å². The Hall–Kier alpha value is -2.70. The minimum absolute atomic E-state index is 0.0719. The molecule has 24 heavy (non-hydrogen) atoms. The molecule has 0 bridgehead atoms. The summed E-state index contributed by atoms with van der Waals surface area (Å²) in [6.45, 7) is 2.35. The number of likely N-dealkylation sites (tertiary alicyclic amines) is 1. The number of aliphatic carboxylic acids is 1. The number of para-hydroxylation sites is 1. The monoisotopic (exact) mass is 328 g/mol. The van der Waals surface area contributed by atoms with E-state index in [4.69, 9.17) is 0 Å². The molecule has 126 valence electrons. The Kier molecular flexibility index (Phi) is 4.59. The van der Waals surface area contributed by atoms with Crippen molar-refractivity contribution in [1.82, 2.24) is 19.9 Å². The van der Waals surface area contributed by atoms with Crippen LogP contribution in [0.5, 0.6) is 0 Å². The number of carboxylic acids is 1. The fourth-order valence-corrected chi connectivity index (χ4v) is 3.07. The van der Waals surface area contributed by atoms with Crippen molar-refractivity contribution in [2.75, 3.05) is 6.54 Å². The van der Waals surface area contributed by atoms with E-state index >= 15 is 0 Å². The molecule has 1 aromatic heterocycles. The number of rotatable bonds is 4. The molecule has 0 radical (unpaired) electrons. The minimum Gasteiger partial charge on any atom is -0.480 e. The first kappa shape index (κ1) is 16.2. The van der Waals surface area contributed by atoms with E-state index in [0.29, 0.717) is 18.7 Å². The van der Waals surface area contributed by atoms with Gasteiger partial charge in [0, 0.05) is 6.54 Å². The number of nitrogens with zero attached hydrogens (tertiary/aromatic N) is 4. The third-order valence-electron chi connectivity index (χ3n) is 4.42. The van der Waals surface area contributed by atoms with Crippen LogP contribution < -0.4 is 0 Å². The molecule has 0 saturated carbocycles. The van der Waals surface area contributed by atoms with Gasteiger partial charge in [-0.05, 0) is 38.3 Å². The number of aromatic nitrogens is 3. The normalized spacial score (nSPS) is 17.7. The summed E-state index contributed by atoms with van der Waals surface area (Å²) in [7, 11) is 0. The zero-order valence-corrected chi connectivity index (χ0v) is 13.6. The molecule has 1 aromatic carbocycles. The second kappa shape index (κ2) is 6.82. The predicted molar refractivity (Wildman–Crippen MR) is 86.8 cm³/mol. The lowest BCUT2D eigenvalue weighted by atomic mass is 10.0. The summed E-state index contributed by atoms with van der Waals surface area (Å²) >= 11 is 0. The number of amides is 1. The quantitative estimate of drug-likeness (QED) is 0.920. The van der Waals surface area contributed by atoms with E-state index in [2.05, 4.69) is 10.3 Å². The number of hydrogen-bond acceptors (Lipinski definition) is 4. The molecule has 7 heteroatoms. The Bertz CT molecular complexity index is 742. The Labute approximate surface area is 139 Å². The average Bonchev–Trinajstić information content (AvgIpc) is 2.96. The van der Waals surface area contributed by atoms with Gasteiger partial charge in [0.1, 0.15) is 6.04 Å². The Morgan fingerprint density at radius 3 is 2.71 bits per heavy atom. The second-order valence-electron chi connectivity index (χ2n) is 5.98. The van der Waals surface area contributed by atoms with E-state index < -0.39 is 12.0 Å². The Morgan fingerprint density at radius 1 is 1.25 bits per heavy atom. The average molecular weight is 328 g/mol. The van der Waals surface area contributed by atoms with Gasteiger partial charge >= 0.3 is 5.97 Å². The Morgan fingerprint density at radius 2 is 2.00 bits per heavy atom. The van der Waals surface area contributed by atoms with Gasteiger partial charge in [-0.1, -0.05) is 23.4 Å². The van der Waals surface area contributed by atoms with E-state index in [9.17, 15) is 14.7 Å². The lowest BCUT2D eigenvalue weighted by molar-refractivity contribution is -0.151. The minimum atomic E-state index is -0.937. The second-order valence-corrected chi connectivity index (χ2v) is 5.98. The topological polar surface area (TPSA) is 88.3 Å². The molecule has 1 aliphatic rings. The van der Waals surface area contributed by atoms with Gasteiger partial charge in [-0.2, -0.15) is 0 Å². The number of carbonyl (C=O) groups excluding carboxylic acids is 1. The first-order chi connectivity index (χ1) is 11.6. The van der Waals surface area contributed by atoms with Crippen molar-refractivity contribution in [3.63, 3.8) is 0 Å². The van der Waals surface area contributed by atoms with Crippen LogP contribution in [0.4, 0.5) is 0 Å². The summed E-state index contributed by atoms with van der Waals surface area (Å²) in [5.41, 5.74) is 2.25. The fourth-order valence-electron chi connectivity index (χ4n) is 3.07. The molecule has 1 aliphatic heterocycles. The molecule has 1 fully saturated rings. The Balaban J connectivity index is 1.78. The van der Waals surface area contributed by atoms with Crippen molar-refractivity contribution < 1.29 is 14.7 Å². The van der Waals surface area contributed by atoms with Gasteiger partial charge in [-0.3, -0.25) is 4.79 Å². The lowest BCUT2D eigenvalue weighted by Crippen LogP contribution is -2.48. The van der Waals surface area contributed by atoms with Gasteiger partial charge in [-0.25, -0.2) is 9.48 Å². The van der Waals surface area contributed by atoms with Gasteiger partial charge in [-0.15, -0.1) is 5.10 Å². The highest BCUT2D eigenvalue weighted by atomic mass is 16.4. The number of benzene rings is 1. The standard InChI is InChI=1S/C17H20N4O3/c1-12-14(18-19-21(12)13-7-3-2-4-8-13)11-16(22)20-10-6-5-9-15(20)17(23)24/h2-4,7-8,15H,5-6,9-11H2,1H3,(H,23,24). The van der Waals surface area contributed by atoms with E-state index in [1.54, 1.807) is 4.68 Å². The molecular weight excluding hydrogens is 308 g/mol. The molecule has 1 N–H and O–H groups in total. The van der Waals surface area contributed by atoms with Crippen LogP contribution in [0.25, 0.3) is 5.69 Å². The number of hydrogen-bond donors (Lipinski definition) is 1. The molecule has 0 spiro atoms. The highest BCUT2D eigenvalue weighted by Crippen LogP contribution is 2.19. The van der Waals surface area contributed by atoms with Crippen LogP contribution in [0.3, 0.4) is 0 Å². The van der Waals surface area contributed by atoms with Crippen LogP contribution in [0, 0.1) is 6.92 Å². The molecule has 3 rings (SSSR count). The first-order valence-electron chi connectivity index (χ1n) is 8.07. The molecule has 2 heterocycles. The summed E-state index contributed by atoms with van der Waals surface area (Å²) in [5.74, 6) is -1.14. The summed E-state index contributed by atoms with van der Waals surface area (Å²) in [5, 5.41) is 17.5. The zero-order chi connectivity index (χ0) is 17.1. The van der Waals surface area contributed by atoms with Crippen LogP contribution >= 0.6 is 0 Å². The van der Waals surface area contributed by atoms with Crippen molar-refractivity contribution in [3.05, 3.63) is 41.7 Å². The molecule has 1 atom stereocenters. The van der Waals surface area contributed by atoms with Gasteiger partial charge < -0.3 is 10.0 Å². The number of carbonyl (C=O) groups is 2.